The average Bonchev–Trinajstić information content (AvgIpc) is 2.34. The third-order valence-electron chi connectivity index (χ3n) is 2.54. The van der Waals surface area contributed by atoms with Crippen molar-refractivity contribution in [3.8, 4) is 11.5 Å². The maximum Gasteiger partial charge on any atom is 0.165 e. The van der Waals surface area contributed by atoms with Gasteiger partial charge in [0.1, 0.15) is 5.75 Å². The molecular formula is C14H13BrFNO. The van der Waals surface area contributed by atoms with Gasteiger partial charge in [0.15, 0.2) is 11.6 Å². The van der Waals surface area contributed by atoms with Gasteiger partial charge < -0.3 is 10.5 Å². The van der Waals surface area contributed by atoms with Crippen molar-refractivity contribution in [2.24, 2.45) is 5.73 Å². The zero-order chi connectivity index (χ0) is 13.1. The van der Waals surface area contributed by atoms with Crippen molar-refractivity contribution in [1.29, 1.82) is 0 Å². The van der Waals surface area contributed by atoms with Gasteiger partial charge in [-0.1, -0.05) is 18.2 Å². The maximum atomic E-state index is 13.5. The van der Waals surface area contributed by atoms with Crippen LogP contribution in [0, 0.1) is 5.82 Å². The second-order valence-electron chi connectivity index (χ2n) is 4.01. The fourth-order valence-electron chi connectivity index (χ4n) is 1.53. The minimum atomic E-state index is -0.388. The Hall–Kier alpha value is -1.39. The lowest BCUT2D eigenvalue weighted by Crippen LogP contribution is -2.04. The first-order chi connectivity index (χ1) is 8.58. The molecule has 2 N–H and O–H groups in total. The normalized spacial score (nSPS) is 12.2. The van der Waals surface area contributed by atoms with E-state index in [0.717, 1.165) is 10.0 Å². The molecule has 1 atom stereocenters. The summed E-state index contributed by atoms with van der Waals surface area (Å²) in [5.74, 6) is 0.372. The summed E-state index contributed by atoms with van der Waals surface area (Å²) in [5, 5.41) is 0. The van der Waals surface area contributed by atoms with Crippen LogP contribution in [-0.2, 0) is 0 Å². The molecule has 0 bridgehead atoms. The smallest absolute Gasteiger partial charge is 0.165 e. The number of para-hydroxylation sites is 1. The SMILES string of the molecule is C[C@H](N)c1ccc(Oc2ccccc2F)c(Br)c1. The molecule has 0 aliphatic heterocycles. The standard InChI is InChI=1S/C14H13BrFNO/c1-9(17)10-6-7-13(11(15)8-10)18-14-5-3-2-4-12(14)16/h2-9H,17H2,1H3/t9-/m0/s1. The van der Waals surface area contributed by atoms with Gasteiger partial charge in [-0.3, -0.25) is 0 Å². The Morgan fingerprint density at radius 1 is 1.17 bits per heavy atom. The van der Waals surface area contributed by atoms with Gasteiger partial charge in [-0.15, -0.1) is 0 Å². The fourth-order valence-corrected chi connectivity index (χ4v) is 2.01. The van der Waals surface area contributed by atoms with Crippen LogP contribution in [-0.4, -0.2) is 0 Å². The fraction of sp³-hybridized carbons (Fsp3) is 0.143. The van der Waals surface area contributed by atoms with Crippen molar-refractivity contribution in [2.45, 2.75) is 13.0 Å². The van der Waals surface area contributed by atoms with E-state index in [4.69, 9.17) is 10.5 Å². The summed E-state index contributed by atoms with van der Waals surface area (Å²) >= 11 is 3.39. The molecule has 0 radical (unpaired) electrons. The molecule has 2 rings (SSSR count). The lowest BCUT2D eigenvalue weighted by molar-refractivity contribution is 0.440. The van der Waals surface area contributed by atoms with Crippen molar-refractivity contribution in [3.05, 3.63) is 58.3 Å². The topological polar surface area (TPSA) is 35.2 Å². The summed E-state index contributed by atoms with van der Waals surface area (Å²) in [6.45, 7) is 1.90. The number of hydrogen-bond donors (Lipinski definition) is 1. The van der Waals surface area contributed by atoms with E-state index in [1.807, 2.05) is 19.1 Å². The average molecular weight is 310 g/mol. The van der Waals surface area contributed by atoms with Crippen LogP contribution in [0.15, 0.2) is 46.9 Å². The van der Waals surface area contributed by atoms with Crippen molar-refractivity contribution >= 4 is 15.9 Å². The summed E-state index contributed by atoms with van der Waals surface area (Å²) < 4.78 is 19.7. The molecule has 2 nitrogen and oxygen atoms in total. The minimum absolute atomic E-state index is 0.0520. The van der Waals surface area contributed by atoms with Crippen LogP contribution in [0.4, 0.5) is 4.39 Å². The molecule has 0 heterocycles. The predicted octanol–water partition coefficient (Wildman–Crippen LogP) is 4.40. The molecule has 2 aromatic rings. The van der Waals surface area contributed by atoms with Gasteiger partial charge >= 0.3 is 0 Å². The lowest BCUT2D eigenvalue weighted by atomic mass is 10.1. The van der Waals surface area contributed by atoms with Crippen LogP contribution in [0.5, 0.6) is 11.5 Å². The predicted molar refractivity (Wildman–Crippen MR) is 73.2 cm³/mol. The molecule has 4 heteroatoms. The summed E-state index contributed by atoms with van der Waals surface area (Å²) in [7, 11) is 0. The van der Waals surface area contributed by atoms with Gasteiger partial charge in [-0.2, -0.15) is 0 Å². The Morgan fingerprint density at radius 3 is 2.50 bits per heavy atom. The first kappa shape index (κ1) is 13.1. The van der Waals surface area contributed by atoms with Crippen LogP contribution >= 0.6 is 15.9 Å². The van der Waals surface area contributed by atoms with Crippen molar-refractivity contribution in [2.75, 3.05) is 0 Å². The molecule has 18 heavy (non-hydrogen) atoms. The van der Waals surface area contributed by atoms with E-state index < -0.39 is 0 Å². The van der Waals surface area contributed by atoms with Gasteiger partial charge in [-0.25, -0.2) is 4.39 Å². The molecule has 0 spiro atoms. The highest BCUT2D eigenvalue weighted by Gasteiger charge is 2.08. The zero-order valence-electron chi connectivity index (χ0n) is 9.86. The number of hydrogen-bond acceptors (Lipinski definition) is 2. The van der Waals surface area contributed by atoms with Crippen LogP contribution in [0.25, 0.3) is 0 Å². The summed E-state index contributed by atoms with van der Waals surface area (Å²) in [6, 6.07) is 11.8. The van der Waals surface area contributed by atoms with Crippen LogP contribution in [0.3, 0.4) is 0 Å². The zero-order valence-corrected chi connectivity index (χ0v) is 11.4. The van der Waals surface area contributed by atoms with E-state index in [9.17, 15) is 4.39 Å². The van der Waals surface area contributed by atoms with Gasteiger partial charge in [-0.05, 0) is 52.7 Å². The molecule has 0 saturated heterocycles. The monoisotopic (exact) mass is 309 g/mol. The first-order valence-electron chi connectivity index (χ1n) is 5.55. The Balaban J connectivity index is 2.28. The maximum absolute atomic E-state index is 13.5. The van der Waals surface area contributed by atoms with E-state index >= 15 is 0 Å². The van der Waals surface area contributed by atoms with E-state index in [1.165, 1.54) is 6.07 Å². The van der Waals surface area contributed by atoms with Crippen LogP contribution in [0.2, 0.25) is 0 Å². The number of nitrogens with two attached hydrogens (primary N) is 1. The Bertz CT molecular complexity index is 557. The third kappa shape index (κ3) is 2.89. The minimum Gasteiger partial charge on any atom is -0.453 e. The Labute approximate surface area is 114 Å². The molecule has 0 aliphatic rings. The van der Waals surface area contributed by atoms with E-state index in [2.05, 4.69) is 15.9 Å². The molecule has 0 amide bonds. The highest BCUT2D eigenvalue weighted by atomic mass is 79.9. The highest BCUT2D eigenvalue weighted by molar-refractivity contribution is 9.10. The molecule has 0 saturated carbocycles. The molecule has 0 aliphatic carbocycles. The summed E-state index contributed by atoms with van der Waals surface area (Å²) in [5.41, 5.74) is 6.78. The highest BCUT2D eigenvalue weighted by Crippen LogP contribution is 2.32. The second kappa shape index (κ2) is 5.50. The van der Waals surface area contributed by atoms with Crippen LogP contribution in [0.1, 0.15) is 18.5 Å². The lowest BCUT2D eigenvalue weighted by Gasteiger charge is -2.11. The molecule has 2 aromatic carbocycles. The van der Waals surface area contributed by atoms with Crippen molar-refractivity contribution in [1.82, 2.24) is 0 Å². The molecule has 94 valence electrons. The summed E-state index contributed by atoms with van der Waals surface area (Å²) in [6.07, 6.45) is 0. The van der Waals surface area contributed by atoms with Crippen LogP contribution < -0.4 is 10.5 Å². The van der Waals surface area contributed by atoms with Crippen molar-refractivity contribution in [3.63, 3.8) is 0 Å². The molecule has 0 fully saturated rings. The number of benzene rings is 2. The first-order valence-corrected chi connectivity index (χ1v) is 6.34. The van der Waals surface area contributed by atoms with Gasteiger partial charge in [0.05, 0.1) is 4.47 Å². The van der Waals surface area contributed by atoms with Gasteiger partial charge in [0, 0.05) is 6.04 Å². The molecule has 0 unspecified atom stereocenters. The number of halogens is 2. The second-order valence-corrected chi connectivity index (χ2v) is 4.87. The van der Waals surface area contributed by atoms with E-state index in [1.54, 1.807) is 24.3 Å². The molecular weight excluding hydrogens is 297 g/mol. The Morgan fingerprint density at radius 2 is 1.89 bits per heavy atom. The summed E-state index contributed by atoms with van der Waals surface area (Å²) in [4.78, 5) is 0. The van der Waals surface area contributed by atoms with E-state index in [-0.39, 0.29) is 17.6 Å². The van der Waals surface area contributed by atoms with Gasteiger partial charge in [0.25, 0.3) is 0 Å². The molecule has 0 aromatic heterocycles. The number of ether oxygens (including phenoxy) is 1. The number of rotatable bonds is 3. The Kier molecular flexibility index (Phi) is 3.99. The largest absolute Gasteiger partial charge is 0.453 e. The van der Waals surface area contributed by atoms with E-state index in [0.29, 0.717) is 5.75 Å². The van der Waals surface area contributed by atoms with Gasteiger partial charge in [0.2, 0.25) is 0 Å². The third-order valence-corrected chi connectivity index (χ3v) is 3.16. The quantitative estimate of drug-likeness (QED) is 0.912. The van der Waals surface area contributed by atoms with Crippen molar-refractivity contribution < 1.29 is 9.13 Å².